The van der Waals surface area contributed by atoms with E-state index in [2.05, 4.69) is 39.8 Å². The minimum absolute atomic E-state index is 0.112. The molecule has 2 atom stereocenters. The smallest absolute Gasteiger partial charge is 0.124 e. The van der Waals surface area contributed by atoms with E-state index in [9.17, 15) is 0 Å². The van der Waals surface area contributed by atoms with Gasteiger partial charge in [-0.3, -0.25) is 0 Å². The lowest BCUT2D eigenvalue weighted by atomic mass is 9.78. The molecule has 2 rings (SSSR count). The highest BCUT2D eigenvalue weighted by Gasteiger charge is 2.39. The van der Waals surface area contributed by atoms with E-state index in [1.165, 1.54) is 36.0 Å². The summed E-state index contributed by atoms with van der Waals surface area (Å²) in [6, 6.07) is 4.38. The maximum atomic E-state index is 6.80. The van der Waals surface area contributed by atoms with Crippen molar-refractivity contribution in [3.05, 3.63) is 28.8 Å². The lowest BCUT2D eigenvalue weighted by Gasteiger charge is -2.31. The van der Waals surface area contributed by atoms with Crippen molar-refractivity contribution in [2.45, 2.75) is 52.3 Å². The Morgan fingerprint density at radius 1 is 1.26 bits per heavy atom. The molecule has 1 fully saturated rings. The number of halogens is 1. The number of alkyl halides is 1. The lowest BCUT2D eigenvalue weighted by Crippen LogP contribution is -2.21. The molecular weight excluding hydrogens is 256 g/mol. The fraction of sp³-hybridized carbons (Fsp3) is 0.647. The Kier molecular flexibility index (Phi) is 4.15. The van der Waals surface area contributed by atoms with Crippen LogP contribution in [0.2, 0.25) is 0 Å². The summed E-state index contributed by atoms with van der Waals surface area (Å²) in [7, 11) is 1.73. The van der Waals surface area contributed by atoms with Crippen molar-refractivity contribution in [3.8, 4) is 5.75 Å². The van der Waals surface area contributed by atoms with Crippen LogP contribution in [0.1, 0.15) is 55.2 Å². The first kappa shape index (κ1) is 14.7. The topological polar surface area (TPSA) is 9.23 Å². The van der Waals surface area contributed by atoms with Gasteiger partial charge in [0.2, 0.25) is 0 Å². The van der Waals surface area contributed by atoms with E-state index in [0.29, 0.717) is 11.3 Å². The second-order valence-electron chi connectivity index (χ2n) is 6.58. The zero-order chi connectivity index (χ0) is 14.2. The first-order valence-corrected chi connectivity index (χ1v) is 7.59. The molecule has 0 aromatic heterocycles. The third kappa shape index (κ3) is 2.76. The number of aryl methyl sites for hydroxylation is 2. The molecule has 0 amide bonds. The molecule has 2 unspecified atom stereocenters. The molecule has 1 nitrogen and oxygen atoms in total. The van der Waals surface area contributed by atoms with E-state index in [0.717, 1.165) is 5.75 Å². The number of rotatable bonds is 3. The average molecular weight is 281 g/mol. The molecule has 1 aromatic rings. The summed E-state index contributed by atoms with van der Waals surface area (Å²) in [5.41, 5.74) is 3.96. The van der Waals surface area contributed by atoms with Gasteiger partial charge in [0.05, 0.1) is 12.5 Å². The van der Waals surface area contributed by atoms with Crippen LogP contribution in [0.15, 0.2) is 12.1 Å². The van der Waals surface area contributed by atoms with Crippen LogP contribution in [-0.2, 0) is 0 Å². The van der Waals surface area contributed by atoms with Crippen LogP contribution in [0.3, 0.4) is 0 Å². The minimum atomic E-state index is 0.112. The molecule has 0 saturated heterocycles. The number of hydrogen-bond acceptors (Lipinski definition) is 1. The molecule has 0 heterocycles. The summed E-state index contributed by atoms with van der Waals surface area (Å²) >= 11 is 6.80. The van der Waals surface area contributed by atoms with Gasteiger partial charge in [-0.15, -0.1) is 11.6 Å². The molecular formula is C17H25ClO. The van der Waals surface area contributed by atoms with Crippen molar-refractivity contribution in [3.63, 3.8) is 0 Å². The zero-order valence-electron chi connectivity index (χ0n) is 12.7. The van der Waals surface area contributed by atoms with Crippen LogP contribution >= 0.6 is 11.6 Å². The van der Waals surface area contributed by atoms with E-state index < -0.39 is 0 Å². The van der Waals surface area contributed by atoms with Gasteiger partial charge < -0.3 is 4.74 Å². The van der Waals surface area contributed by atoms with Crippen LogP contribution in [0.5, 0.6) is 5.75 Å². The minimum Gasteiger partial charge on any atom is -0.496 e. The predicted octanol–water partition coefficient (Wildman–Crippen LogP) is 5.42. The zero-order valence-corrected chi connectivity index (χ0v) is 13.5. The van der Waals surface area contributed by atoms with Crippen LogP contribution in [-0.4, -0.2) is 7.11 Å². The molecule has 1 aromatic carbocycles. The first-order valence-electron chi connectivity index (χ1n) is 7.16. The Morgan fingerprint density at radius 2 is 1.84 bits per heavy atom. The summed E-state index contributed by atoms with van der Waals surface area (Å²) in [6.45, 7) is 8.89. The van der Waals surface area contributed by atoms with Crippen LogP contribution in [0, 0.1) is 25.2 Å². The number of hydrogen-bond donors (Lipinski definition) is 0. The van der Waals surface area contributed by atoms with Crippen LogP contribution in [0.4, 0.5) is 0 Å². The third-order valence-corrected chi connectivity index (χ3v) is 5.25. The first-order chi connectivity index (χ1) is 8.86. The summed E-state index contributed by atoms with van der Waals surface area (Å²) in [5.74, 6) is 1.56. The number of benzene rings is 1. The Balaban J connectivity index is 2.32. The fourth-order valence-electron chi connectivity index (χ4n) is 3.59. The second-order valence-corrected chi connectivity index (χ2v) is 7.05. The van der Waals surface area contributed by atoms with Crippen molar-refractivity contribution >= 4 is 11.6 Å². The third-order valence-electron chi connectivity index (χ3n) is 4.70. The van der Waals surface area contributed by atoms with E-state index in [1.807, 2.05) is 0 Å². The van der Waals surface area contributed by atoms with Gasteiger partial charge in [0.1, 0.15) is 5.75 Å². The molecule has 0 spiro atoms. The molecule has 1 saturated carbocycles. The summed E-state index contributed by atoms with van der Waals surface area (Å²) in [4.78, 5) is 0. The molecule has 0 N–H and O–H groups in total. The predicted molar refractivity (Wildman–Crippen MR) is 82.2 cm³/mol. The molecule has 2 heteroatoms. The van der Waals surface area contributed by atoms with Gasteiger partial charge in [-0.05, 0) is 54.7 Å². The SMILES string of the molecule is COc1c(C)cc(C(Cl)C2CCCC2(C)C)cc1C. The highest BCUT2D eigenvalue weighted by atomic mass is 35.5. The van der Waals surface area contributed by atoms with Crippen molar-refractivity contribution in [1.82, 2.24) is 0 Å². The van der Waals surface area contributed by atoms with Gasteiger partial charge in [0, 0.05) is 0 Å². The van der Waals surface area contributed by atoms with Crippen molar-refractivity contribution in [2.75, 3.05) is 7.11 Å². The molecule has 1 aliphatic carbocycles. The molecule has 0 aliphatic heterocycles. The maximum Gasteiger partial charge on any atom is 0.124 e. The molecule has 106 valence electrons. The second kappa shape index (κ2) is 5.36. The maximum absolute atomic E-state index is 6.80. The van der Waals surface area contributed by atoms with Gasteiger partial charge in [-0.2, -0.15) is 0 Å². The highest BCUT2D eigenvalue weighted by molar-refractivity contribution is 6.21. The fourth-order valence-corrected chi connectivity index (χ4v) is 4.19. The monoisotopic (exact) mass is 280 g/mol. The highest BCUT2D eigenvalue weighted by Crippen LogP contribution is 2.51. The van der Waals surface area contributed by atoms with Gasteiger partial charge in [-0.1, -0.05) is 32.4 Å². The summed E-state index contributed by atoms with van der Waals surface area (Å²) in [5, 5.41) is 0.112. The Bertz CT molecular complexity index is 441. The molecule has 19 heavy (non-hydrogen) atoms. The van der Waals surface area contributed by atoms with Gasteiger partial charge in [-0.25, -0.2) is 0 Å². The van der Waals surface area contributed by atoms with Crippen molar-refractivity contribution < 1.29 is 4.74 Å². The van der Waals surface area contributed by atoms with E-state index in [-0.39, 0.29) is 5.38 Å². The molecule has 0 radical (unpaired) electrons. The number of methoxy groups -OCH3 is 1. The van der Waals surface area contributed by atoms with Gasteiger partial charge in [0.15, 0.2) is 0 Å². The van der Waals surface area contributed by atoms with Crippen LogP contribution < -0.4 is 4.74 Å². The lowest BCUT2D eigenvalue weighted by molar-refractivity contribution is 0.252. The Labute approximate surface area is 122 Å². The van der Waals surface area contributed by atoms with E-state index >= 15 is 0 Å². The average Bonchev–Trinajstić information content (AvgIpc) is 2.67. The summed E-state index contributed by atoms with van der Waals surface area (Å²) < 4.78 is 5.43. The largest absolute Gasteiger partial charge is 0.496 e. The normalized spacial score (nSPS) is 23.4. The number of ether oxygens (including phenoxy) is 1. The van der Waals surface area contributed by atoms with Gasteiger partial charge in [0.25, 0.3) is 0 Å². The molecule has 0 bridgehead atoms. The quantitative estimate of drug-likeness (QED) is 0.672. The van der Waals surface area contributed by atoms with E-state index in [4.69, 9.17) is 16.3 Å². The summed E-state index contributed by atoms with van der Waals surface area (Å²) in [6.07, 6.45) is 3.83. The van der Waals surface area contributed by atoms with Crippen LogP contribution in [0.25, 0.3) is 0 Å². The van der Waals surface area contributed by atoms with Crippen molar-refractivity contribution in [1.29, 1.82) is 0 Å². The Morgan fingerprint density at radius 3 is 2.26 bits per heavy atom. The van der Waals surface area contributed by atoms with Crippen molar-refractivity contribution in [2.24, 2.45) is 11.3 Å². The molecule has 1 aliphatic rings. The standard InChI is InChI=1S/C17H25ClO/c1-11-9-13(10-12(2)16(11)19-5)15(18)14-7-6-8-17(14,3)4/h9-10,14-15H,6-8H2,1-5H3. The Hall–Kier alpha value is -0.690. The van der Waals surface area contributed by atoms with Gasteiger partial charge >= 0.3 is 0 Å². The van der Waals surface area contributed by atoms with E-state index in [1.54, 1.807) is 7.11 Å².